The van der Waals surface area contributed by atoms with Crippen molar-refractivity contribution in [2.24, 2.45) is 0 Å². The third kappa shape index (κ3) is 2.39. The molecule has 0 atom stereocenters. The van der Waals surface area contributed by atoms with E-state index in [4.69, 9.17) is 16.7 Å². The molecule has 0 aliphatic rings. The number of hydrogen-bond donors (Lipinski definition) is 1. The molecular weight excluding hydrogens is 248 g/mol. The second kappa shape index (κ2) is 4.83. The van der Waals surface area contributed by atoms with Gasteiger partial charge in [-0.15, -0.1) is 0 Å². The molecule has 3 heteroatoms. The SMILES string of the molecule is Cc1cc(-c2ccc(Cl)cc2C)ccc1C(=O)O. The highest BCUT2D eigenvalue weighted by Gasteiger charge is 2.09. The highest BCUT2D eigenvalue weighted by Crippen LogP contribution is 2.27. The molecule has 0 unspecified atom stereocenters. The molecular formula is C15H13ClO2. The van der Waals surface area contributed by atoms with Gasteiger partial charge in [0.1, 0.15) is 0 Å². The van der Waals surface area contributed by atoms with Crippen LogP contribution in [0.2, 0.25) is 5.02 Å². The lowest BCUT2D eigenvalue weighted by molar-refractivity contribution is 0.0696. The van der Waals surface area contributed by atoms with Crippen LogP contribution in [-0.4, -0.2) is 11.1 Å². The van der Waals surface area contributed by atoms with Gasteiger partial charge in [-0.2, -0.15) is 0 Å². The van der Waals surface area contributed by atoms with Crippen molar-refractivity contribution in [2.45, 2.75) is 13.8 Å². The largest absolute Gasteiger partial charge is 0.478 e. The summed E-state index contributed by atoms with van der Waals surface area (Å²) in [6.07, 6.45) is 0. The maximum absolute atomic E-state index is 11.0. The highest BCUT2D eigenvalue weighted by molar-refractivity contribution is 6.30. The summed E-state index contributed by atoms with van der Waals surface area (Å²) in [6.45, 7) is 3.79. The smallest absolute Gasteiger partial charge is 0.335 e. The van der Waals surface area contributed by atoms with Crippen LogP contribution in [0.5, 0.6) is 0 Å². The summed E-state index contributed by atoms with van der Waals surface area (Å²) in [7, 11) is 0. The maximum atomic E-state index is 11.0. The molecule has 2 rings (SSSR count). The Morgan fingerprint density at radius 1 is 1.06 bits per heavy atom. The minimum absolute atomic E-state index is 0.338. The third-order valence-electron chi connectivity index (χ3n) is 2.96. The third-order valence-corrected chi connectivity index (χ3v) is 3.19. The second-order valence-corrected chi connectivity index (χ2v) is 4.73. The summed E-state index contributed by atoms with van der Waals surface area (Å²) in [5.74, 6) is -0.896. The normalized spacial score (nSPS) is 10.4. The monoisotopic (exact) mass is 260 g/mol. The van der Waals surface area contributed by atoms with Gasteiger partial charge >= 0.3 is 5.97 Å². The van der Waals surface area contributed by atoms with E-state index in [1.807, 2.05) is 37.3 Å². The Labute approximate surface area is 111 Å². The summed E-state index contributed by atoms with van der Waals surface area (Å²) in [5.41, 5.74) is 4.25. The molecule has 1 N–H and O–H groups in total. The lowest BCUT2D eigenvalue weighted by atomic mass is 9.97. The zero-order valence-electron chi connectivity index (χ0n) is 10.2. The van der Waals surface area contributed by atoms with E-state index < -0.39 is 5.97 Å². The van der Waals surface area contributed by atoms with Gasteiger partial charge in [-0.3, -0.25) is 0 Å². The van der Waals surface area contributed by atoms with Gasteiger partial charge in [-0.25, -0.2) is 4.79 Å². The summed E-state index contributed by atoms with van der Waals surface area (Å²) >= 11 is 5.92. The number of halogens is 1. The number of carboxylic acids is 1. The number of aryl methyl sites for hydroxylation is 2. The summed E-state index contributed by atoms with van der Waals surface area (Å²) in [5, 5.41) is 9.70. The standard InChI is InChI=1S/C15H13ClO2/c1-9-7-11(3-5-14(9)15(17)18)13-6-4-12(16)8-10(13)2/h3-8H,1-2H3,(H,17,18). The molecule has 2 aromatic rings. The van der Waals surface area contributed by atoms with Gasteiger partial charge in [0.25, 0.3) is 0 Å². The minimum Gasteiger partial charge on any atom is -0.478 e. The first-order valence-corrected chi connectivity index (χ1v) is 5.97. The Balaban J connectivity index is 2.52. The summed E-state index contributed by atoms with van der Waals surface area (Å²) < 4.78 is 0. The topological polar surface area (TPSA) is 37.3 Å². The first-order chi connectivity index (χ1) is 8.49. The molecule has 0 aliphatic carbocycles. The summed E-state index contributed by atoms with van der Waals surface area (Å²) in [4.78, 5) is 11.0. The van der Waals surface area contributed by atoms with E-state index in [1.54, 1.807) is 13.0 Å². The molecule has 0 aromatic heterocycles. The zero-order valence-corrected chi connectivity index (χ0v) is 11.0. The maximum Gasteiger partial charge on any atom is 0.335 e. The predicted octanol–water partition coefficient (Wildman–Crippen LogP) is 4.32. The van der Waals surface area contributed by atoms with Gasteiger partial charge in [0.2, 0.25) is 0 Å². The molecule has 0 aliphatic heterocycles. The Morgan fingerprint density at radius 3 is 2.33 bits per heavy atom. The number of rotatable bonds is 2. The fraction of sp³-hybridized carbons (Fsp3) is 0.133. The van der Waals surface area contributed by atoms with Crippen molar-refractivity contribution in [2.75, 3.05) is 0 Å². The van der Waals surface area contributed by atoms with Crippen LogP contribution in [0, 0.1) is 13.8 Å². The van der Waals surface area contributed by atoms with Crippen LogP contribution in [0.25, 0.3) is 11.1 Å². The first kappa shape index (κ1) is 12.7. The number of hydrogen-bond acceptors (Lipinski definition) is 1. The molecule has 0 fully saturated rings. The number of carbonyl (C=O) groups is 1. The second-order valence-electron chi connectivity index (χ2n) is 4.29. The van der Waals surface area contributed by atoms with Crippen LogP contribution in [0.15, 0.2) is 36.4 Å². The molecule has 92 valence electrons. The minimum atomic E-state index is -0.896. The van der Waals surface area contributed by atoms with Crippen molar-refractivity contribution < 1.29 is 9.90 Å². The van der Waals surface area contributed by atoms with Crippen LogP contribution in [0.3, 0.4) is 0 Å². The van der Waals surface area contributed by atoms with E-state index in [2.05, 4.69) is 0 Å². The van der Waals surface area contributed by atoms with Gasteiger partial charge in [0.15, 0.2) is 0 Å². The van der Waals surface area contributed by atoms with E-state index >= 15 is 0 Å². The molecule has 0 radical (unpaired) electrons. The summed E-state index contributed by atoms with van der Waals surface area (Å²) in [6, 6.07) is 11.0. The Morgan fingerprint density at radius 2 is 1.78 bits per heavy atom. The van der Waals surface area contributed by atoms with Gasteiger partial charge in [0.05, 0.1) is 5.56 Å². The molecule has 0 heterocycles. The molecule has 0 saturated heterocycles. The molecule has 18 heavy (non-hydrogen) atoms. The van der Waals surface area contributed by atoms with Crippen molar-refractivity contribution in [3.63, 3.8) is 0 Å². The average molecular weight is 261 g/mol. The molecule has 2 aromatic carbocycles. The Kier molecular flexibility index (Phi) is 3.39. The molecule has 0 saturated carbocycles. The van der Waals surface area contributed by atoms with Crippen LogP contribution < -0.4 is 0 Å². The Bertz CT molecular complexity index is 618. The van der Waals surface area contributed by atoms with Crippen molar-refractivity contribution >= 4 is 17.6 Å². The quantitative estimate of drug-likeness (QED) is 0.873. The highest BCUT2D eigenvalue weighted by atomic mass is 35.5. The predicted molar refractivity (Wildman–Crippen MR) is 73.3 cm³/mol. The first-order valence-electron chi connectivity index (χ1n) is 5.59. The van der Waals surface area contributed by atoms with E-state index in [0.29, 0.717) is 10.6 Å². The number of benzene rings is 2. The molecule has 0 spiro atoms. The van der Waals surface area contributed by atoms with E-state index in [1.165, 1.54) is 0 Å². The van der Waals surface area contributed by atoms with E-state index in [-0.39, 0.29) is 0 Å². The van der Waals surface area contributed by atoms with Crippen LogP contribution in [-0.2, 0) is 0 Å². The average Bonchev–Trinajstić information content (AvgIpc) is 2.28. The van der Waals surface area contributed by atoms with Crippen molar-refractivity contribution in [3.8, 4) is 11.1 Å². The number of aromatic carboxylic acids is 1. The van der Waals surface area contributed by atoms with Gasteiger partial charge in [-0.1, -0.05) is 29.8 Å². The van der Waals surface area contributed by atoms with Gasteiger partial charge in [-0.05, 0) is 54.3 Å². The zero-order chi connectivity index (χ0) is 13.3. The molecule has 0 bridgehead atoms. The lowest BCUT2D eigenvalue weighted by Crippen LogP contribution is -1.99. The molecule has 2 nitrogen and oxygen atoms in total. The van der Waals surface area contributed by atoms with Crippen molar-refractivity contribution in [1.82, 2.24) is 0 Å². The number of carboxylic acid groups (broad SMARTS) is 1. The van der Waals surface area contributed by atoms with Crippen LogP contribution in [0.4, 0.5) is 0 Å². The van der Waals surface area contributed by atoms with Crippen molar-refractivity contribution in [1.29, 1.82) is 0 Å². The van der Waals surface area contributed by atoms with Gasteiger partial charge in [0, 0.05) is 5.02 Å². The Hall–Kier alpha value is -1.80. The van der Waals surface area contributed by atoms with Crippen LogP contribution in [0.1, 0.15) is 21.5 Å². The van der Waals surface area contributed by atoms with Crippen LogP contribution >= 0.6 is 11.6 Å². The van der Waals surface area contributed by atoms with Crippen molar-refractivity contribution in [3.05, 3.63) is 58.1 Å². The van der Waals surface area contributed by atoms with E-state index in [9.17, 15) is 4.79 Å². The fourth-order valence-corrected chi connectivity index (χ4v) is 2.25. The van der Waals surface area contributed by atoms with Gasteiger partial charge < -0.3 is 5.11 Å². The fourth-order valence-electron chi connectivity index (χ4n) is 2.02. The van der Waals surface area contributed by atoms with E-state index in [0.717, 1.165) is 22.3 Å². The lowest BCUT2D eigenvalue weighted by Gasteiger charge is -2.09. The molecule has 0 amide bonds.